The molecule has 0 radical (unpaired) electrons. The van der Waals surface area contributed by atoms with Crippen LogP contribution in [0.5, 0.6) is 0 Å². The molecule has 0 saturated heterocycles. The highest BCUT2D eigenvalue weighted by atomic mass is 16.7. The van der Waals surface area contributed by atoms with Crippen LogP contribution in [-0.2, 0) is 9.47 Å². The summed E-state index contributed by atoms with van der Waals surface area (Å²) in [6.07, 6.45) is 3.10. The van der Waals surface area contributed by atoms with Crippen molar-refractivity contribution in [3.8, 4) is 0 Å². The highest BCUT2D eigenvalue weighted by Gasteiger charge is 2.15. The molecule has 0 aliphatic heterocycles. The second kappa shape index (κ2) is 6.46. The van der Waals surface area contributed by atoms with E-state index >= 15 is 0 Å². The van der Waals surface area contributed by atoms with Gasteiger partial charge in [-0.15, -0.1) is 0 Å². The zero-order valence-electron chi connectivity index (χ0n) is 9.61. The molecular formula is C11H20O3. The van der Waals surface area contributed by atoms with Crippen LogP contribution in [0.2, 0.25) is 0 Å². The molecule has 0 aromatic heterocycles. The summed E-state index contributed by atoms with van der Waals surface area (Å²) in [5.41, 5.74) is 0. The molecule has 0 aliphatic carbocycles. The SMILES string of the molecule is COC(=O)OC(/C=C/C(C)C)C(C)C. The first kappa shape index (κ1) is 13.0. The summed E-state index contributed by atoms with van der Waals surface area (Å²) < 4.78 is 9.51. The van der Waals surface area contributed by atoms with Gasteiger partial charge < -0.3 is 9.47 Å². The molecule has 0 N–H and O–H groups in total. The zero-order chi connectivity index (χ0) is 11.1. The Bertz CT molecular complexity index is 195. The number of ether oxygens (including phenoxy) is 2. The molecule has 0 aromatic rings. The van der Waals surface area contributed by atoms with E-state index in [2.05, 4.69) is 18.6 Å². The lowest BCUT2D eigenvalue weighted by atomic mass is 10.1. The minimum absolute atomic E-state index is 0.204. The van der Waals surface area contributed by atoms with Crippen molar-refractivity contribution in [2.45, 2.75) is 33.8 Å². The van der Waals surface area contributed by atoms with Gasteiger partial charge in [0.1, 0.15) is 6.10 Å². The number of hydrogen-bond acceptors (Lipinski definition) is 3. The lowest BCUT2D eigenvalue weighted by molar-refractivity contribution is 0.0379. The van der Waals surface area contributed by atoms with Crippen molar-refractivity contribution in [3.05, 3.63) is 12.2 Å². The molecule has 82 valence electrons. The van der Waals surface area contributed by atoms with Crippen molar-refractivity contribution in [1.82, 2.24) is 0 Å². The summed E-state index contributed by atoms with van der Waals surface area (Å²) >= 11 is 0. The van der Waals surface area contributed by atoms with E-state index < -0.39 is 6.16 Å². The van der Waals surface area contributed by atoms with E-state index in [1.807, 2.05) is 26.0 Å². The molecule has 0 saturated carbocycles. The third kappa shape index (κ3) is 5.62. The minimum Gasteiger partial charge on any atom is -0.438 e. The molecule has 0 bridgehead atoms. The van der Waals surface area contributed by atoms with Crippen LogP contribution in [0.15, 0.2) is 12.2 Å². The van der Waals surface area contributed by atoms with Gasteiger partial charge in [0.15, 0.2) is 0 Å². The van der Waals surface area contributed by atoms with Gasteiger partial charge in [0.25, 0.3) is 0 Å². The van der Waals surface area contributed by atoms with E-state index in [1.54, 1.807) is 0 Å². The van der Waals surface area contributed by atoms with Crippen molar-refractivity contribution in [2.24, 2.45) is 11.8 Å². The Labute approximate surface area is 86.1 Å². The number of hydrogen-bond donors (Lipinski definition) is 0. The number of carbonyl (C=O) groups excluding carboxylic acids is 1. The lowest BCUT2D eigenvalue weighted by Crippen LogP contribution is -2.21. The molecule has 0 aromatic carbocycles. The molecule has 1 atom stereocenters. The van der Waals surface area contributed by atoms with Crippen LogP contribution in [0, 0.1) is 11.8 Å². The number of methoxy groups -OCH3 is 1. The Kier molecular flexibility index (Phi) is 6.00. The van der Waals surface area contributed by atoms with E-state index in [4.69, 9.17) is 4.74 Å². The summed E-state index contributed by atoms with van der Waals surface area (Å²) in [5.74, 6) is 0.710. The Morgan fingerprint density at radius 3 is 2.07 bits per heavy atom. The molecule has 0 fully saturated rings. The van der Waals surface area contributed by atoms with Crippen molar-refractivity contribution >= 4 is 6.16 Å². The summed E-state index contributed by atoms with van der Waals surface area (Å²) in [6, 6.07) is 0. The van der Waals surface area contributed by atoms with Gasteiger partial charge in [-0.25, -0.2) is 4.79 Å². The van der Waals surface area contributed by atoms with E-state index in [-0.39, 0.29) is 12.0 Å². The van der Waals surface area contributed by atoms with Gasteiger partial charge in [0.05, 0.1) is 7.11 Å². The lowest BCUT2D eigenvalue weighted by Gasteiger charge is -2.17. The van der Waals surface area contributed by atoms with Gasteiger partial charge >= 0.3 is 6.16 Å². The molecule has 0 aliphatic rings. The number of carbonyl (C=O) groups is 1. The van der Waals surface area contributed by atoms with Gasteiger partial charge in [0.2, 0.25) is 0 Å². The van der Waals surface area contributed by atoms with Gasteiger partial charge in [-0.2, -0.15) is 0 Å². The molecule has 1 unspecified atom stereocenters. The normalized spacial score (nSPS) is 13.6. The molecule has 0 rings (SSSR count). The Morgan fingerprint density at radius 2 is 1.71 bits per heavy atom. The molecule has 0 spiro atoms. The minimum atomic E-state index is -0.628. The largest absolute Gasteiger partial charge is 0.508 e. The first-order valence-corrected chi connectivity index (χ1v) is 4.90. The number of rotatable bonds is 4. The summed E-state index contributed by atoms with van der Waals surface area (Å²) in [5, 5.41) is 0. The Balaban J connectivity index is 4.23. The van der Waals surface area contributed by atoms with Crippen molar-refractivity contribution in [3.63, 3.8) is 0 Å². The maximum atomic E-state index is 10.9. The Morgan fingerprint density at radius 1 is 1.14 bits per heavy atom. The third-order valence-electron chi connectivity index (χ3n) is 1.74. The first-order valence-electron chi connectivity index (χ1n) is 4.90. The fourth-order valence-corrected chi connectivity index (χ4v) is 0.889. The van der Waals surface area contributed by atoms with E-state index in [9.17, 15) is 4.79 Å². The quantitative estimate of drug-likeness (QED) is 0.517. The predicted octanol–water partition coefficient (Wildman–Crippen LogP) is 3.01. The fourth-order valence-electron chi connectivity index (χ4n) is 0.889. The average Bonchev–Trinajstić information content (AvgIpc) is 2.10. The van der Waals surface area contributed by atoms with Crippen LogP contribution in [0.25, 0.3) is 0 Å². The highest BCUT2D eigenvalue weighted by Crippen LogP contribution is 2.10. The zero-order valence-corrected chi connectivity index (χ0v) is 9.61. The molecule has 3 heteroatoms. The summed E-state index contributed by atoms with van der Waals surface area (Å²) in [6.45, 7) is 8.15. The molecular weight excluding hydrogens is 180 g/mol. The number of allylic oxidation sites excluding steroid dienone is 1. The van der Waals surface area contributed by atoms with E-state index in [0.29, 0.717) is 5.92 Å². The Hall–Kier alpha value is -0.990. The van der Waals surface area contributed by atoms with Crippen LogP contribution >= 0.6 is 0 Å². The van der Waals surface area contributed by atoms with Crippen LogP contribution < -0.4 is 0 Å². The topological polar surface area (TPSA) is 35.5 Å². The summed E-state index contributed by atoms with van der Waals surface area (Å²) in [4.78, 5) is 10.9. The van der Waals surface area contributed by atoms with Gasteiger partial charge in [-0.3, -0.25) is 0 Å². The van der Waals surface area contributed by atoms with Gasteiger partial charge in [-0.1, -0.05) is 33.8 Å². The average molecular weight is 200 g/mol. The second-order valence-corrected chi connectivity index (χ2v) is 3.91. The summed E-state index contributed by atoms with van der Waals surface area (Å²) in [7, 11) is 1.31. The van der Waals surface area contributed by atoms with E-state index in [0.717, 1.165) is 0 Å². The molecule has 0 amide bonds. The van der Waals surface area contributed by atoms with Crippen molar-refractivity contribution < 1.29 is 14.3 Å². The van der Waals surface area contributed by atoms with Crippen LogP contribution in [0.1, 0.15) is 27.7 Å². The molecule has 3 nitrogen and oxygen atoms in total. The van der Waals surface area contributed by atoms with Gasteiger partial charge in [0, 0.05) is 0 Å². The van der Waals surface area contributed by atoms with E-state index in [1.165, 1.54) is 7.11 Å². The maximum Gasteiger partial charge on any atom is 0.508 e. The molecule has 0 heterocycles. The van der Waals surface area contributed by atoms with Crippen molar-refractivity contribution in [2.75, 3.05) is 7.11 Å². The fraction of sp³-hybridized carbons (Fsp3) is 0.727. The standard InChI is InChI=1S/C11H20O3/c1-8(2)6-7-10(9(3)4)14-11(12)13-5/h6-10H,1-5H3/b7-6+. The van der Waals surface area contributed by atoms with Crippen molar-refractivity contribution in [1.29, 1.82) is 0 Å². The van der Waals surface area contributed by atoms with Gasteiger partial charge in [-0.05, 0) is 17.9 Å². The highest BCUT2D eigenvalue weighted by molar-refractivity contribution is 5.60. The second-order valence-electron chi connectivity index (χ2n) is 3.91. The van der Waals surface area contributed by atoms with Crippen LogP contribution in [-0.4, -0.2) is 19.4 Å². The van der Waals surface area contributed by atoms with Crippen LogP contribution in [0.4, 0.5) is 4.79 Å². The predicted molar refractivity (Wildman–Crippen MR) is 56.1 cm³/mol. The maximum absolute atomic E-state index is 10.9. The third-order valence-corrected chi connectivity index (χ3v) is 1.74. The first-order chi connectivity index (χ1) is 6.47. The van der Waals surface area contributed by atoms with Crippen LogP contribution in [0.3, 0.4) is 0 Å². The molecule has 14 heavy (non-hydrogen) atoms. The monoisotopic (exact) mass is 200 g/mol. The smallest absolute Gasteiger partial charge is 0.438 e.